The highest BCUT2D eigenvalue weighted by molar-refractivity contribution is 7.98. The SMILES string of the molecule is CCCn1c(SCc2csc(Nc3ccccc3)n2)nnc1-c1ccncc1. The lowest BCUT2D eigenvalue weighted by atomic mass is 10.2. The fourth-order valence-electron chi connectivity index (χ4n) is 2.75. The molecule has 3 aromatic heterocycles. The number of hydrogen-bond donors (Lipinski definition) is 1. The molecule has 0 aliphatic heterocycles. The number of nitrogens with zero attached hydrogens (tertiary/aromatic N) is 5. The van der Waals surface area contributed by atoms with E-state index in [0.717, 1.165) is 51.8 Å². The van der Waals surface area contributed by atoms with Crippen molar-refractivity contribution in [1.29, 1.82) is 0 Å². The van der Waals surface area contributed by atoms with E-state index < -0.39 is 0 Å². The Balaban J connectivity index is 1.46. The van der Waals surface area contributed by atoms with Crippen molar-refractivity contribution in [3.05, 3.63) is 65.9 Å². The fourth-order valence-corrected chi connectivity index (χ4v) is 4.44. The van der Waals surface area contributed by atoms with Gasteiger partial charge in [0.05, 0.1) is 5.69 Å². The number of hydrogen-bond acceptors (Lipinski definition) is 7. The summed E-state index contributed by atoms with van der Waals surface area (Å²) < 4.78 is 2.18. The Kier molecular flexibility index (Phi) is 5.98. The Bertz CT molecular complexity index is 1010. The summed E-state index contributed by atoms with van der Waals surface area (Å²) in [7, 11) is 0. The van der Waals surface area contributed by atoms with Crippen LogP contribution in [0.25, 0.3) is 11.4 Å². The van der Waals surface area contributed by atoms with Crippen molar-refractivity contribution in [3.8, 4) is 11.4 Å². The fraction of sp³-hybridized carbons (Fsp3) is 0.200. The summed E-state index contributed by atoms with van der Waals surface area (Å²) in [6.07, 6.45) is 4.58. The normalized spacial score (nSPS) is 10.9. The van der Waals surface area contributed by atoms with E-state index >= 15 is 0 Å². The van der Waals surface area contributed by atoms with Crippen molar-refractivity contribution in [2.75, 3.05) is 5.32 Å². The zero-order chi connectivity index (χ0) is 19.2. The Labute approximate surface area is 172 Å². The molecule has 0 amide bonds. The van der Waals surface area contributed by atoms with Crippen molar-refractivity contribution in [3.63, 3.8) is 0 Å². The molecule has 0 bridgehead atoms. The minimum Gasteiger partial charge on any atom is -0.332 e. The first-order valence-electron chi connectivity index (χ1n) is 9.06. The van der Waals surface area contributed by atoms with Crippen LogP contribution in [0, 0.1) is 0 Å². The molecular formula is C20H20N6S2. The summed E-state index contributed by atoms with van der Waals surface area (Å²) in [5.41, 5.74) is 3.11. The van der Waals surface area contributed by atoms with Crippen molar-refractivity contribution >= 4 is 33.9 Å². The first-order valence-corrected chi connectivity index (χ1v) is 10.9. The maximum atomic E-state index is 4.68. The second-order valence-electron chi connectivity index (χ2n) is 6.12. The number of pyridine rings is 1. The van der Waals surface area contributed by atoms with Crippen LogP contribution in [0.2, 0.25) is 0 Å². The monoisotopic (exact) mass is 408 g/mol. The molecule has 0 aliphatic carbocycles. The predicted octanol–water partition coefficient (Wildman–Crippen LogP) is 5.24. The Morgan fingerprint density at radius 3 is 2.68 bits per heavy atom. The van der Waals surface area contributed by atoms with E-state index in [0.29, 0.717) is 0 Å². The molecule has 3 heterocycles. The molecule has 142 valence electrons. The first-order chi connectivity index (χ1) is 13.8. The van der Waals surface area contributed by atoms with Gasteiger partial charge < -0.3 is 9.88 Å². The third-order valence-electron chi connectivity index (χ3n) is 4.03. The van der Waals surface area contributed by atoms with Gasteiger partial charge in [0.15, 0.2) is 16.1 Å². The average molecular weight is 409 g/mol. The van der Waals surface area contributed by atoms with Crippen LogP contribution in [-0.4, -0.2) is 24.7 Å². The summed E-state index contributed by atoms with van der Waals surface area (Å²) in [6.45, 7) is 3.04. The maximum Gasteiger partial charge on any atom is 0.191 e. The molecule has 28 heavy (non-hydrogen) atoms. The second kappa shape index (κ2) is 8.99. The summed E-state index contributed by atoms with van der Waals surface area (Å²) >= 11 is 3.28. The van der Waals surface area contributed by atoms with Gasteiger partial charge in [-0.15, -0.1) is 21.5 Å². The van der Waals surface area contributed by atoms with Gasteiger partial charge in [0, 0.05) is 41.3 Å². The molecule has 1 aromatic carbocycles. The van der Waals surface area contributed by atoms with Crippen LogP contribution in [0.15, 0.2) is 65.4 Å². The van der Waals surface area contributed by atoms with Crippen LogP contribution < -0.4 is 5.32 Å². The number of para-hydroxylation sites is 1. The van der Waals surface area contributed by atoms with Gasteiger partial charge in [0.2, 0.25) is 0 Å². The minimum atomic E-state index is 0.755. The first kappa shape index (κ1) is 18.6. The van der Waals surface area contributed by atoms with E-state index in [1.165, 1.54) is 0 Å². The second-order valence-corrected chi connectivity index (χ2v) is 7.92. The molecule has 4 aromatic rings. The van der Waals surface area contributed by atoms with E-state index in [1.807, 2.05) is 42.5 Å². The molecule has 0 atom stereocenters. The quantitative estimate of drug-likeness (QED) is 0.402. The Morgan fingerprint density at radius 1 is 1.07 bits per heavy atom. The van der Waals surface area contributed by atoms with E-state index in [4.69, 9.17) is 0 Å². The smallest absolute Gasteiger partial charge is 0.191 e. The molecule has 0 radical (unpaired) electrons. The largest absolute Gasteiger partial charge is 0.332 e. The van der Waals surface area contributed by atoms with Crippen LogP contribution in [0.1, 0.15) is 19.0 Å². The maximum absolute atomic E-state index is 4.68. The van der Waals surface area contributed by atoms with Gasteiger partial charge in [-0.25, -0.2) is 4.98 Å². The Morgan fingerprint density at radius 2 is 1.89 bits per heavy atom. The van der Waals surface area contributed by atoms with Crippen LogP contribution in [0.3, 0.4) is 0 Å². The van der Waals surface area contributed by atoms with Crippen molar-refractivity contribution in [1.82, 2.24) is 24.7 Å². The van der Waals surface area contributed by atoms with Crippen LogP contribution in [0.5, 0.6) is 0 Å². The van der Waals surface area contributed by atoms with E-state index in [9.17, 15) is 0 Å². The summed E-state index contributed by atoms with van der Waals surface area (Å²) in [6, 6.07) is 14.0. The van der Waals surface area contributed by atoms with Gasteiger partial charge >= 0.3 is 0 Å². The van der Waals surface area contributed by atoms with Gasteiger partial charge in [0.25, 0.3) is 0 Å². The van der Waals surface area contributed by atoms with Crippen LogP contribution in [0.4, 0.5) is 10.8 Å². The standard InChI is InChI=1S/C20H20N6S2/c1-2-12-26-18(15-8-10-21-11-9-15)24-25-20(26)28-14-17-13-27-19(23-17)22-16-6-4-3-5-7-16/h3-11,13H,2,12,14H2,1H3,(H,22,23). The molecule has 0 unspecified atom stereocenters. The van der Waals surface area contributed by atoms with E-state index in [2.05, 4.69) is 42.4 Å². The topological polar surface area (TPSA) is 68.5 Å². The third-order valence-corrected chi connectivity index (χ3v) is 5.84. The third kappa shape index (κ3) is 4.40. The molecule has 1 N–H and O–H groups in total. The highest BCUT2D eigenvalue weighted by Gasteiger charge is 2.14. The highest BCUT2D eigenvalue weighted by atomic mass is 32.2. The number of anilines is 2. The molecule has 8 heteroatoms. The number of thiazole rings is 1. The van der Waals surface area contributed by atoms with Gasteiger partial charge in [-0.05, 0) is 30.7 Å². The van der Waals surface area contributed by atoms with E-state index in [-0.39, 0.29) is 0 Å². The Hall–Kier alpha value is -2.71. The average Bonchev–Trinajstić information content (AvgIpc) is 3.35. The van der Waals surface area contributed by atoms with Gasteiger partial charge in [-0.2, -0.15) is 0 Å². The number of nitrogens with one attached hydrogen (secondary N) is 1. The van der Waals surface area contributed by atoms with Crippen molar-refractivity contribution in [2.45, 2.75) is 30.8 Å². The predicted molar refractivity (Wildman–Crippen MR) is 115 cm³/mol. The lowest BCUT2D eigenvalue weighted by Crippen LogP contribution is -2.02. The van der Waals surface area contributed by atoms with Gasteiger partial charge in [-0.3, -0.25) is 4.98 Å². The van der Waals surface area contributed by atoms with Crippen LogP contribution in [-0.2, 0) is 12.3 Å². The van der Waals surface area contributed by atoms with Crippen LogP contribution >= 0.6 is 23.1 Å². The molecule has 0 spiro atoms. The number of aromatic nitrogens is 5. The zero-order valence-electron chi connectivity index (χ0n) is 15.4. The summed E-state index contributed by atoms with van der Waals surface area (Å²) in [5, 5.41) is 16.1. The zero-order valence-corrected chi connectivity index (χ0v) is 17.1. The molecule has 0 saturated carbocycles. The van der Waals surface area contributed by atoms with Crippen molar-refractivity contribution < 1.29 is 0 Å². The molecule has 6 nitrogen and oxygen atoms in total. The minimum absolute atomic E-state index is 0.755. The summed E-state index contributed by atoms with van der Waals surface area (Å²) in [5.74, 6) is 1.64. The molecule has 0 saturated heterocycles. The molecular weight excluding hydrogens is 388 g/mol. The lowest BCUT2D eigenvalue weighted by molar-refractivity contribution is 0.626. The van der Waals surface area contributed by atoms with Gasteiger partial charge in [-0.1, -0.05) is 36.9 Å². The lowest BCUT2D eigenvalue weighted by Gasteiger charge is -2.08. The van der Waals surface area contributed by atoms with Crippen molar-refractivity contribution in [2.24, 2.45) is 0 Å². The molecule has 4 rings (SSSR count). The number of benzene rings is 1. The van der Waals surface area contributed by atoms with Gasteiger partial charge in [0.1, 0.15) is 0 Å². The molecule has 0 fully saturated rings. The van der Waals surface area contributed by atoms with E-state index in [1.54, 1.807) is 35.5 Å². The number of rotatable bonds is 8. The molecule has 0 aliphatic rings. The summed E-state index contributed by atoms with van der Waals surface area (Å²) in [4.78, 5) is 8.77. The highest BCUT2D eigenvalue weighted by Crippen LogP contribution is 2.28. The number of thioether (sulfide) groups is 1.